The van der Waals surface area contributed by atoms with Crippen molar-refractivity contribution < 1.29 is 9.53 Å². The molecule has 0 aliphatic rings. The highest BCUT2D eigenvalue weighted by molar-refractivity contribution is 6.17. The molecule has 0 fully saturated rings. The van der Waals surface area contributed by atoms with E-state index in [2.05, 4.69) is 12.2 Å². The van der Waals surface area contributed by atoms with E-state index in [1.54, 1.807) is 12.1 Å². The van der Waals surface area contributed by atoms with Crippen LogP contribution in [0.3, 0.4) is 0 Å². The van der Waals surface area contributed by atoms with Gasteiger partial charge in [0, 0.05) is 12.4 Å². The van der Waals surface area contributed by atoms with Crippen molar-refractivity contribution >= 4 is 17.5 Å². The van der Waals surface area contributed by atoms with Gasteiger partial charge in [0.15, 0.2) is 0 Å². The number of carbonyl (C=O) groups is 1. The predicted octanol–water partition coefficient (Wildman–Crippen LogP) is 3.08. The fourth-order valence-corrected chi connectivity index (χ4v) is 1.96. The number of benzene rings is 1. The van der Waals surface area contributed by atoms with Crippen molar-refractivity contribution in [3.05, 3.63) is 29.8 Å². The maximum Gasteiger partial charge on any atom is 0.255 e. The second-order valence-electron chi connectivity index (χ2n) is 4.22. The Labute approximate surface area is 113 Å². The minimum Gasteiger partial charge on any atom is -0.493 e. The maximum atomic E-state index is 12.0. The van der Waals surface area contributed by atoms with E-state index in [-0.39, 0.29) is 5.91 Å². The fourth-order valence-electron chi connectivity index (χ4n) is 1.59. The molecule has 1 N–H and O–H groups in total. The molecule has 100 valence electrons. The summed E-state index contributed by atoms with van der Waals surface area (Å²) in [6.07, 6.45) is 0.898. The van der Waals surface area contributed by atoms with Gasteiger partial charge in [-0.05, 0) is 31.4 Å². The smallest absolute Gasteiger partial charge is 0.255 e. The third kappa shape index (κ3) is 4.57. The Kier molecular flexibility index (Phi) is 6.58. The first-order chi connectivity index (χ1) is 8.69. The van der Waals surface area contributed by atoms with E-state index in [0.717, 1.165) is 6.42 Å². The van der Waals surface area contributed by atoms with Crippen molar-refractivity contribution in [2.75, 3.05) is 19.0 Å². The number of amides is 1. The molecule has 0 heterocycles. The quantitative estimate of drug-likeness (QED) is 0.773. The molecule has 0 radical (unpaired) electrons. The summed E-state index contributed by atoms with van der Waals surface area (Å²) in [5.41, 5.74) is 0.581. The highest BCUT2D eigenvalue weighted by Crippen LogP contribution is 2.17. The van der Waals surface area contributed by atoms with Crippen LogP contribution in [0, 0.1) is 5.92 Å². The SMILES string of the molecule is CCOc1ccccc1C(=O)NCC(C)CCCl. The Morgan fingerprint density at radius 3 is 2.83 bits per heavy atom. The minimum atomic E-state index is -0.0968. The molecule has 1 rings (SSSR count). The van der Waals surface area contributed by atoms with Crippen LogP contribution in [0.25, 0.3) is 0 Å². The van der Waals surface area contributed by atoms with Crippen LogP contribution in [-0.4, -0.2) is 24.9 Å². The summed E-state index contributed by atoms with van der Waals surface area (Å²) in [6.45, 7) is 5.15. The summed E-state index contributed by atoms with van der Waals surface area (Å²) in [5.74, 6) is 1.53. The summed E-state index contributed by atoms with van der Waals surface area (Å²) in [6, 6.07) is 7.27. The summed E-state index contributed by atoms with van der Waals surface area (Å²) >= 11 is 5.66. The highest BCUT2D eigenvalue weighted by atomic mass is 35.5. The summed E-state index contributed by atoms with van der Waals surface area (Å²) in [7, 11) is 0. The fraction of sp³-hybridized carbons (Fsp3) is 0.500. The lowest BCUT2D eigenvalue weighted by molar-refractivity contribution is 0.0944. The zero-order valence-electron chi connectivity index (χ0n) is 10.9. The number of alkyl halides is 1. The molecular weight excluding hydrogens is 250 g/mol. The Morgan fingerprint density at radius 1 is 1.44 bits per heavy atom. The van der Waals surface area contributed by atoms with Crippen LogP contribution < -0.4 is 10.1 Å². The predicted molar refractivity (Wildman–Crippen MR) is 74.4 cm³/mol. The number of nitrogens with one attached hydrogen (secondary N) is 1. The lowest BCUT2D eigenvalue weighted by atomic mass is 10.1. The molecule has 1 aromatic carbocycles. The first-order valence-electron chi connectivity index (χ1n) is 6.25. The summed E-state index contributed by atoms with van der Waals surface area (Å²) in [4.78, 5) is 12.0. The van der Waals surface area contributed by atoms with Gasteiger partial charge in [-0.1, -0.05) is 19.1 Å². The number of halogens is 1. The van der Waals surface area contributed by atoms with E-state index in [0.29, 0.717) is 36.3 Å². The van der Waals surface area contributed by atoms with E-state index < -0.39 is 0 Å². The van der Waals surface area contributed by atoms with Crippen LogP contribution in [-0.2, 0) is 0 Å². The third-order valence-corrected chi connectivity index (χ3v) is 2.86. The van der Waals surface area contributed by atoms with Crippen molar-refractivity contribution in [2.45, 2.75) is 20.3 Å². The second kappa shape index (κ2) is 7.98. The molecule has 0 saturated carbocycles. The molecule has 4 heteroatoms. The zero-order valence-corrected chi connectivity index (χ0v) is 11.7. The van der Waals surface area contributed by atoms with Gasteiger partial charge in [0.05, 0.1) is 12.2 Å². The average Bonchev–Trinajstić information content (AvgIpc) is 2.37. The topological polar surface area (TPSA) is 38.3 Å². The van der Waals surface area contributed by atoms with E-state index in [9.17, 15) is 4.79 Å². The van der Waals surface area contributed by atoms with Crippen molar-refractivity contribution in [1.82, 2.24) is 5.32 Å². The monoisotopic (exact) mass is 269 g/mol. The molecule has 18 heavy (non-hydrogen) atoms. The Morgan fingerprint density at radius 2 is 2.17 bits per heavy atom. The van der Waals surface area contributed by atoms with Crippen molar-refractivity contribution in [2.24, 2.45) is 5.92 Å². The van der Waals surface area contributed by atoms with Gasteiger partial charge in [0.25, 0.3) is 5.91 Å². The van der Waals surface area contributed by atoms with Gasteiger partial charge < -0.3 is 10.1 Å². The molecule has 0 aromatic heterocycles. The van der Waals surface area contributed by atoms with Gasteiger partial charge in [-0.15, -0.1) is 11.6 Å². The van der Waals surface area contributed by atoms with Gasteiger partial charge in [-0.3, -0.25) is 4.79 Å². The zero-order chi connectivity index (χ0) is 13.4. The first kappa shape index (κ1) is 14.8. The number of rotatable bonds is 7. The average molecular weight is 270 g/mol. The highest BCUT2D eigenvalue weighted by Gasteiger charge is 2.12. The van der Waals surface area contributed by atoms with Crippen LogP contribution >= 0.6 is 11.6 Å². The molecule has 0 aliphatic carbocycles. The van der Waals surface area contributed by atoms with Gasteiger partial charge in [0.2, 0.25) is 0 Å². The Bertz CT molecular complexity index is 382. The van der Waals surface area contributed by atoms with E-state index in [1.807, 2.05) is 19.1 Å². The first-order valence-corrected chi connectivity index (χ1v) is 6.78. The standard InChI is InChI=1S/C14H20ClNO2/c1-3-18-13-7-5-4-6-12(13)14(17)16-10-11(2)8-9-15/h4-7,11H,3,8-10H2,1-2H3,(H,16,17). The molecule has 1 amide bonds. The largest absolute Gasteiger partial charge is 0.493 e. The molecular formula is C14H20ClNO2. The van der Waals surface area contributed by atoms with Crippen LogP contribution in [0.5, 0.6) is 5.75 Å². The van der Waals surface area contributed by atoms with Gasteiger partial charge in [-0.25, -0.2) is 0 Å². The molecule has 0 saturated heterocycles. The van der Waals surface area contributed by atoms with E-state index in [1.165, 1.54) is 0 Å². The number of hydrogen-bond acceptors (Lipinski definition) is 2. The summed E-state index contributed by atoms with van der Waals surface area (Å²) < 4.78 is 5.43. The number of ether oxygens (including phenoxy) is 1. The normalized spacial score (nSPS) is 11.9. The van der Waals surface area contributed by atoms with Crippen LogP contribution in [0.4, 0.5) is 0 Å². The molecule has 3 nitrogen and oxygen atoms in total. The van der Waals surface area contributed by atoms with E-state index >= 15 is 0 Å². The van der Waals surface area contributed by atoms with E-state index in [4.69, 9.17) is 16.3 Å². The van der Waals surface area contributed by atoms with Crippen molar-refractivity contribution in [3.8, 4) is 5.75 Å². The molecule has 0 bridgehead atoms. The van der Waals surface area contributed by atoms with Crippen LogP contribution in [0.2, 0.25) is 0 Å². The number of hydrogen-bond donors (Lipinski definition) is 1. The number of carbonyl (C=O) groups excluding carboxylic acids is 1. The molecule has 0 spiro atoms. The minimum absolute atomic E-state index is 0.0968. The van der Waals surface area contributed by atoms with Crippen LogP contribution in [0.1, 0.15) is 30.6 Å². The van der Waals surface area contributed by atoms with Crippen molar-refractivity contribution in [1.29, 1.82) is 0 Å². The Balaban J connectivity index is 2.60. The molecule has 0 aliphatic heterocycles. The Hall–Kier alpha value is -1.22. The van der Waals surface area contributed by atoms with Gasteiger partial charge in [0.1, 0.15) is 5.75 Å². The maximum absolute atomic E-state index is 12.0. The van der Waals surface area contributed by atoms with Crippen LogP contribution in [0.15, 0.2) is 24.3 Å². The number of para-hydroxylation sites is 1. The van der Waals surface area contributed by atoms with Crippen molar-refractivity contribution in [3.63, 3.8) is 0 Å². The third-order valence-electron chi connectivity index (χ3n) is 2.64. The second-order valence-corrected chi connectivity index (χ2v) is 4.60. The lowest BCUT2D eigenvalue weighted by Crippen LogP contribution is -2.28. The van der Waals surface area contributed by atoms with Gasteiger partial charge >= 0.3 is 0 Å². The molecule has 1 atom stereocenters. The van der Waals surface area contributed by atoms with Gasteiger partial charge in [-0.2, -0.15) is 0 Å². The molecule has 1 aromatic rings. The molecule has 1 unspecified atom stereocenters. The lowest BCUT2D eigenvalue weighted by Gasteiger charge is -2.13. The summed E-state index contributed by atoms with van der Waals surface area (Å²) in [5, 5.41) is 2.90.